The number of carboxylic acid groups (broad SMARTS) is 1. The molecule has 1 aromatic carbocycles. The van der Waals surface area contributed by atoms with Crippen LogP contribution in [0.25, 0.3) is 0 Å². The Morgan fingerprint density at radius 1 is 1.35 bits per heavy atom. The van der Waals surface area contributed by atoms with Crippen molar-refractivity contribution in [1.82, 2.24) is 5.16 Å². The number of carboxylic acids is 1. The number of hydrogen-bond acceptors (Lipinski definition) is 5. The van der Waals surface area contributed by atoms with Gasteiger partial charge in [-0.3, -0.25) is 9.59 Å². The minimum atomic E-state index is -0.842. The summed E-state index contributed by atoms with van der Waals surface area (Å²) in [6.07, 6.45) is 0. The van der Waals surface area contributed by atoms with Gasteiger partial charge in [0.15, 0.2) is 0 Å². The standard InChI is InChI=1S/C16H18N2O4S/c1-10(2)13-7-14(22-18-13)16(21)17-12-5-3-4-11(6-12)8-23-9-15(19)20/h3-7,10H,8-9H2,1-2H3,(H,17,21)(H,19,20). The average molecular weight is 334 g/mol. The minimum Gasteiger partial charge on any atom is -0.481 e. The lowest BCUT2D eigenvalue weighted by molar-refractivity contribution is -0.133. The van der Waals surface area contributed by atoms with Gasteiger partial charge in [-0.25, -0.2) is 0 Å². The summed E-state index contributed by atoms with van der Waals surface area (Å²) in [7, 11) is 0. The molecule has 2 aromatic rings. The summed E-state index contributed by atoms with van der Waals surface area (Å²) < 4.78 is 5.05. The topological polar surface area (TPSA) is 92.4 Å². The zero-order valence-electron chi connectivity index (χ0n) is 12.9. The lowest BCUT2D eigenvalue weighted by Gasteiger charge is -2.05. The molecule has 122 valence electrons. The minimum absolute atomic E-state index is 0.0482. The van der Waals surface area contributed by atoms with Crippen LogP contribution in [0.1, 0.15) is 41.6 Å². The van der Waals surface area contributed by atoms with Crippen molar-refractivity contribution in [3.63, 3.8) is 0 Å². The maximum atomic E-state index is 12.1. The van der Waals surface area contributed by atoms with Gasteiger partial charge in [0.1, 0.15) is 0 Å². The van der Waals surface area contributed by atoms with Crippen LogP contribution in [-0.2, 0) is 10.5 Å². The Balaban J connectivity index is 1.98. The predicted molar refractivity (Wildman–Crippen MR) is 88.8 cm³/mol. The predicted octanol–water partition coefficient (Wildman–Crippen LogP) is 3.37. The molecule has 2 N–H and O–H groups in total. The third kappa shape index (κ3) is 5.14. The van der Waals surface area contributed by atoms with Gasteiger partial charge in [0, 0.05) is 17.5 Å². The molecule has 23 heavy (non-hydrogen) atoms. The van der Waals surface area contributed by atoms with E-state index < -0.39 is 5.97 Å². The monoisotopic (exact) mass is 334 g/mol. The first-order valence-corrected chi connectivity index (χ1v) is 8.27. The van der Waals surface area contributed by atoms with Gasteiger partial charge >= 0.3 is 5.97 Å². The molecule has 0 aliphatic rings. The summed E-state index contributed by atoms with van der Waals surface area (Å²) in [4.78, 5) is 22.7. The average Bonchev–Trinajstić information content (AvgIpc) is 2.97. The number of aliphatic carboxylic acids is 1. The van der Waals surface area contributed by atoms with Crippen LogP contribution in [0.5, 0.6) is 0 Å². The van der Waals surface area contributed by atoms with Crippen molar-refractivity contribution < 1.29 is 19.2 Å². The Bertz CT molecular complexity index is 697. The van der Waals surface area contributed by atoms with Crippen LogP contribution in [-0.4, -0.2) is 27.9 Å². The SMILES string of the molecule is CC(C)c1cc(C(=O)Nc2cccc(CSCC(=O)O)c2)on1. The highest BCUT2D eigenvalue weighted by Gasteiger charge is 2.15. The van der Waals surface area contributed by atoms with Gasteiger partial charge in [0.2, 0.25) is 5.76 Å². The molecule has 0 bridgehead atoms. The molecular formula is C16H18N2O4S. The van der Waals surface area contributed by atoms with Crippen LogP contribution in [0.4, 0.5) is 5.69 Å². The first-order valence-electron chi connectivity index (χ1n) is 7.12. The first-order chi connectivity index (χ1) is 11.0. The second-order valence-corrected chi connectivity index (χ2v) is 6.30. The molecule has 7 heteroatoms. The Morgan fingerprint density at radius 3 is 2.78 bits per heavy atom. The third-order valence-corrected chi connectivity index (χ3v) is 4.01. The molecule has 0 fully saturated rings. The van der Waals surface area contributed by atoms with Gasteiger partial charge in [0.05, 0.1) is 11.4 Å². The van der Waals surface area contributed by atoms with Gasteiger partial charge < -0.3 is 14.9 Å². The zero-order valence-corrected chi connectivity index (χ0v) is 13.7. The van der Waals surface area contributed by atoms with E-state index in [0.29, 0.717) is 11.4 Å². The van der Waals surface area contributed by atoms with Gasteiger partial charge in [-0.05, 0) is 23.6 Å². The molecule has 1 heterocycles. The van der Waals surface area contributed by atoms with Crippen molar-refractivity contribution in [3.8, 4) is 0 Å². The molecule has 0 atom stereocenters. The van der Waals surface area contributed by atoms with Crippen LogP contribution in [0.3, 0.4) is 0 Å². The molecule has 2 rings (SSSR count). The molecule has 6 nitrogen and oxygen atoms in total. The number of carbonyl (C=O) groups is 2. The van der Waals surface area contributed by atoms with Crippen LogP contribution in [0.15, 0.2) is 34.9 Å². The van der Waals surface area contributed by atoms with Gasteiger partial charge in [-0.1, -0.05) is 31.1 Å². The normalized spacial score (nSPS) is 10.7. The molecule has 0 aliphatic heterocycles. The second-order valence-electron chi connectivity index (χ2n) is 5.31. The van der Waals surface area contributed by atoms with E-state index in [1.54, 1.807) is 12.1 Å². The quantitative estimate of drug-likeness (QED) is 0.806. The Kier molecular flexibility index (Phi) is 5.81. The van der Waals surface area contributed by atoms with Gasteiger partial charge in [0.25, 0.3) is 5.91 Å². The van der Waals surface area contributed by atoms with Crippen LogP contribution >= 0.6 is 11.8 Å². The van der Waals surface area contributed by atoms with Crippen molar-refractivity contribution in [2.75, 3.05) is 11.1 Å². The largest absolute Gasteiger partial charge is 0.481 e. The maximum Gasteiger partial charge on any atom is 0.313 e. The Hall–Kier alpha value is -2.28. The van der Waals surface area contributed by atoms with E-state index in [9.17, 15) is 9.59 Å². The van der Waals surface area contributed by atoms with E-state index in [0.717, 1.165) is 11.3 Å². The second kappa shape index (κ2) is 7.82. The fraction of sp³-hybridized carbons (Fsp3) is 0.312. The van der Waals surface area contributed by atoms with E-state index in [-0.39, 0.29) is 23.3 Å². The number of anilines is 1. The number of aromatic nitrogens is 1. The molecule has 0 aliphatic carbocycles. The number of rotatable bonds is 7. The van der Waals surface area contributed by atoms with Crippen molar-refractivity contribution in [3.05, 3.63) is 47.3 Å². The van der Waals surface area contributed by atoms with Crippen LogP contribution < -0.4 is 5.32 Å². The lowest BCUT2D eigenvalue weighted by atomic mass is 10.1. The summed E-state index contributed by atoms with van der Waals surface area (Å²) >= 11 is 1.30. The molecule has 0 saturated heterocycles. The molecular weight excluding hydrogens is 316 g/mol. The summed E-state index contributed by atoms with van der Waals surface area (Å²) in [6, 6.07) is 8.91. The summed E-state index contributed by atoms with van der Waals surface area (Å²) in [5, 5.41) is 15.2. The van der Waals surface area contributed by atoms with E-state index in [4.69, 9.17) is 9.63 Å². The van der Waals surface area contributed by atoms with Crippen molar-refractivity contribution >= 4 is 29.3 Å². The number of nitrogens with zero attached hydrogens (tertiary/aromatic N) is 1. The number of hydrogen-bond donors (Lipinski definition) is 2. The van der Waals surface area contributed by atoms with Crippen LogP contribution in [0, 0.1) is 0 Å². The molecule has 0 unspecified atom stereocenters. The Labute approximate surface area is 138 Å². The maximum absolute atomic E-state index is 12.1. The highest BCUT2D eigenvalue weighted by Crippen LogP contribution is 2.18. The number of carbonyl (C=O) groups excluding carboxylic acids is 1. The molecule has 0 saturated carbocycles. The number of amides is 1. The van der Waals surface area contributed by atoms with Crippen molar-refractivity contribution in [1.29, 1.82) is 0 Å². The fourth-order valence-corrected chi connectivity index (χ4v) is 2.55. The zero-order chi connectivity index (χ0) is 16.8. The lowest BCUT2D eigenvalue weighted by Crippen LogP contribution is -2.11. The van der Waals surface area contributed by atoms with Crippen molar-refractivity contribution in [2.45, 2.75) is 25.5 Å². The highest BCUT2D eigenvalue weighted by molar-refractivity contribution is 7.99. The van der Waals surface area contributed by atoms with E-state index in [1.807, 2.05) is 32.0 Å². The first kappa shape index (κ1) is 17.1. The van der Waals surface area contributed by atoms with Crippen LogP contribution in [0.2, 0.25) is 0 Å². The van der Waals surface area contributed by atoms with E-state index >= 15 is 0 Å². The molecule has 1 aromatic heterocycles. The summed E-state index contributed by atoms with van der Waals surface area (Å²) in [6.45, 7) is 3.94. The molecule has 0 radical (unpaired) electrons. The molecule has 0 spiro atoms. The van der Waals surface area contributed by atoms with Crippen molar-refractivity contribution in [2.24, 2.45) is 0 Å². The number of nitrogens with one attached hydrogen (secondary N) is 1. The smallest absolute Gasteiger partial charge is 0.313 e. The van der Waals surface area contributed by atoms with E-state index in [2.05, 4.69) is 10.5 Å². The Morgan fingerprint density at radius 2 is 2.13 bits per heavy atom. The van der Waals surface area contributed by atoms with Gasteiger partial charge in [-0.15, -0.1) is 11.8 Å². The summed E-state index contributed by atoms with van der Waals surface area (Å²) in [5.41, 5.74) is 2.30. The third-order valence-electron chi connectivity index (χ3n) is 3.02. The summed E-state index contributed by atoms with van der Waals surface area (Å²) in [5.74, 6) is -0.234. The van der Waals surface area contributed by atoms with Gasteiger partial charge in [-0.2, -0.15) is 0 Å². The molecule has 1 amide bonds. The number of thioether (sulfide) groups is 1. The van der Waals surface area contributed by atoms with E-state index in [1.165, 1.54) is 11.8 Å². The number of benzene rings is 1. The fourth-order valence-electron chi connectivity index (χ4n) is 1.86. The highest BCUT2D eigenvalue weighted by atomic mass is 32.2.